The molecule has 3 heteroatoms. The van der Waals surface area contributed by atoms with Crippen LogP contribution < -0.4 is 10.1 Å². The number of anilines is 1. The van der Waals surface area contributed by atoms with Crippen molar-refractivity contribution in [2.45, 2.75) is 52.5 Å². The summed E-state index contributed by atoms with van der Waals surface area (Å²) in [4.78, 5) is 0. The van der Waals surface area contributed by atoms with Crippen molar-refractivity contribution in [3.63, 3.8) is 0 Å². The van der Waals surface area contributed by atoms with Gasteiger partial charge in [-0.25, -0.2) is 0 Å². The molecule has 0 aliphatic heterocycles. The Labute approximate surface area is 122 Å². The third-order valence-electron chi connectivity index (χ3n) is 4.41. The molecule has 2 rings (SSSR count). The molecule has 1 saturated carbocycles. The van der Waals surface area contributed by atoms with Crippen molar-refractivity contribution in [3.05, 3.63) is 18.2 Å². The van der Waals surface area contributed by atoms with Gasteiger partial charge in [0.05, 0.1) is 7.11 Å². The Hall–Kier alpha value is -1.38. The Morgan fingerprint density at radius 1 is 1.20 bits per heavy atom. The van der Waals surface area contributed by atoms with E-state index >= 15 is 0 Å². The van der Waals surface area contributed by atoms with Gasteiger partial charge in [0.1, 0.15) is 0 Å². The van der Waals surface area contributed by atoms with E-state index in [2.05, 4.69) is 26.1 Å². The summed E-state index contributed by atoms with van der Waals surface area (Å²) in [5.41, 5.74) is 1.29. The first-order valence-corrected chi connectivity index (χ1v) is 7.55. The minimum atomic E-state index is 0.195. The first-order valence-electron chi connectivity index (χ1n) is 7.55. The minimum Gasteiger partial charge on any atom is -0.504 e. The van der Waals surface area contributed by atoms with Crippen molar-refractivity contribution in [1.29, 1.82) is 0 Å². The van der Waals surface area contributed by atoms with Gasteiger partial charge in [0.2, 0.25) is 0 Å². The molecule has 1 aromatic rings. The molecule has 3 nitrogen and oxygen atoms in total. The van der Waals surface area contributed by atoms with E-state index in [1.54, 1.807) is 13.2 Å². The molecule has 1 fully saturated rings. The Morgan fingerprint density at radius 2 is 1.90 bits per heavy atom. The van der Waals surface area contributed by atoms with Crippen LogP contribution in [0, 0.1) is 11.3 Å². The van der Waals surface area contributed by atoms with Crippen LogP contribution in [0.1, 0.15) is 46.5 Å². The summed E-state index contributed by atoms with van der Waals surface area (Å²) in [6.07, 6.45) is 5.10. The largest absolute Gasteiger partial charge is 0.504 e. The summed E-state index contributed by atoms with van der Waals surface area (Å²) >= 11 is 0. The van der Waals surface area contributed by atoms with Gasteiger partial charge in [0, 0.05) is 17.8 Å². The zero-order valence-electron chi connectivity index (χ0n) is 13.1. The van der Waals surface area contributed by atoms with E-state index in [1.165, 1.54) is 25.7 Å². The lowest BCUT2D eigenvalue weighted by Crippen LogP contribution is -2.39. The third kappa shape index (κ3) is 3.38. The van der Waals surface area contributed by atoms with E-state index < -0.39 is 0 Å². The van der Waals surface area contributed by atoms with E-state index in [9.17, 15) is 5.11 Å². The number of phenolic OH excluding ortho intramolecular Hbond substituents is 1. The number of nitrogens with one attached hydrogen (secondary N) is 1. The highest BCUT2D eigenvalue weighted by molar-refractivity contribution is 5.54. The molecule has 0 heterocycles. The number of rotatable bonds is 3. The molecule has 2 N–H and O–H groups in total. The van der Waals surface area contributed by atoms with Gasteiger partial charge in [-0.15, -0.1) is 0 Å². The molecule has 1 aromatic carbocycles. The van der Waals surface area contributed by atoms with Crippen molar-refractivity contribution >= 4 is 5.69 Å². The summed E-state index contributed by atoms with van der Waals surface area (Å²) < 4.78 is 5.09. The molecular weight excluding hydrogens is 250 g/mol. The fraction of sp³-hybridized carbons (Fsp3) is 0.647. The highest BCUT2D eigenvalue weighted by atomic mass is 16.5. The fourth-order valence-corrected chi connectivity index (χ4v) is 3.33. The molecule has 2 atom stereocenters. The zero-order chi connectivity index (χ0) is 14.8. The van der Waals surface area contributed by atoms with Crippen molar-refractivity contribution < 1.29 is 9.84 Å². The molecular formula is C17H27NO2. The maximum Gasteiger partial charge on any atom is 0.160 e. The molecule has 0 spiro atoms. The zero-order valence-corrected chi connectivity index (χ0v) is 13.1. The fourth-order valence-electron chi connectivity index (χ4n) is 3.33. The highest BCUT2D eigenvalue weighted by Crippen LogP contribution is 2.40. The molecule has 0 radical (unpaired) electrons. The van der Waals surface area contributed by atoms with Gasteiger partial charge in [-0.1, -0.05) is 33.6 Å². The molecule has 0 amide bonds. The summed E-state index contributed by atoms with van der Waals surface area (Å²) in [6, 6.07) is 6.03. The van der Waals surface area contributed by atoms with Crippen molar-refractivity contribution in [3.8, 4) is 11.5 Å². The van der Waals surface area contributed by atoms with Crippen LogP contribution >= 0.6 is 0 Å². The number of ether oxygens (including phenoxy) is 1. The molecule has 112 valence electrons. The highest BCUT2D eigenvalue weighted by Gasteiger charge is 2.34. The molecule has 2 unspecified atom stereocenters. The van der Waals surface area contributed by atoms with Gasteiger partial charge in [0.25, 0.3) is 0 Å². The van der Waals surface area contributed by atoms with E-state index in [0.29, 0.717) is 23.1 Å². The summed E-state index contributed by atoms with van der Waals surface area (Å²) in [5, 5.41) is 13.5. The Morgan fingerprint density at radius 3 is 2.50 bits per heavy atom. The lowest BCUT2D eigenvalue weighted by atomic mass is 9.69. The smallest absolute Gasteiger partial charge is 0.160 e. The molecule has 20 heavy (non-hydrogen) atoms. The number of methoxy groups -OCH3 is 1. The van der Waals surface area contributed by atoms with Crippen LogP contribution in [0.2, 0.25) is 0 Å². The third-order valence-corrected chi connectivity index (χ3v) is 4.41. The van der Waals surface area contributed by atoms with Crippen LogP contribution in [-0.2, 0) is 0 Å². The van der Waals surface area contributed by atoms with Gasteiger partial charge in [-0.05, 0) is 36.3 Å². The molecule has 0 bridgehead atoms. The second-order valence-electron chi connectivity index (χ2n) is 6.89. The monoisotopic (exact) mass is 277 g/mol. The van der Waals surface area contributed by atoms with Crippen LogP contribution in [0.5, 0.6) is 11.5 Å². The van der Waals surface area contributed by atoms with Gasteiger partial charge in [-0.2, -0.15) is 0 Å². The number of aromatic hydroxyl groups is 1. The average Bonchev–Trinajstić information content (AvgIpc) is 2.38. The van der Waals surface area contributed by atoms with Gasteiger partial charge < -0.3 is 15.2 Å². The van der Waals surface area contributed by atoms with Crippen LogP contribution in [0.15, 0.2) is 18.2 Å². The van der Waals surface area contributed by atoms with Gasteiger partial charge in [-0.3, -0.25) is 0 Å². The summed E-state index contributed by atoms with van der Waals surface area (Å²) in [5.74, 6) is 1.38. The lowest BCUT2D eigenvalue weighted by molar-refractivity contribution is 0.163. The van der Waals surface area contributed by atoms with Gasteiger partial charge >= 0.3 is 0 Å². The SMILES string of the molecule is COc1ccc(NC2CCCCC2C(C)(C)C)cc1O. The lowest BCUT2D eigenvalue weighted by Gasteiger charge is -2.41. The van der Waals surface area contributed by atoms with Gasteiger partial charge in [0.15, 0.2) is 11.5 Å². The van der Waals surface area contributed by atoms with Crippen LogP contribution in [0.4, 0.5) is 5.69 Å². The van der Waals surface area contributed by atoms with Crippen molar-refractivity contribution in [1.82, 2.24) is 0 Å². The summed E-state index contributed by atoms with van der Waals surface area (Å²) in [6.45, 7) is 6.97. The number of hydrogen-bond donors (Lipinski definition) is 2. The Balaban J connectivity index is 2.12. The second kappa shape index (κ2) is 5.94. The maximum absolute atomic E-state index is 9.88. The van der Waals surface area contributed by atoms with Crippen molar-refractivity contribution in [2.24, 2.45) is 11.3 Å². The quantitative estimate of drug-likeness (QED) is 0.859. The predicted molar refractivity (Wildman–Crippen MR) is 83.5 cm³/mol. The van der Waals surface area contributed by atoms with Crippen LogP contribution in [0.25, 0.3) is 0 Å². The molecule has 1 aliphatic rings. The van der Waals surface area contributed by atoms with E-state index in [1.807, 2.05) is 12.1 Å². The molecule has 1 aliphatic carbocycles. The Bertz CT molecular complexity index is 451. The molecule has 0 saturated heterocycles. The normalized spacial score (nSPS) is 23.4. The van der Waals surface area contributed by atoms with Crippen molar-refractivity contribution in [2.75, 3.05) is 12.4 Å². The average molecular weight is 277 g/mol. The minimum absolute atomic E-state index is 0.195. The standard InChI is InChI=1S/C17H27NO2/c1-17(2,3)13-7-5-6-8-14(13)18-12-9-10-16(20-4)15(19)11-12/h9-11,13-14,18-19H,5-8H2,1-4H3. The topological polar surface area (TPSA) is 41.5 Å². The predicted octanol–water partition coefficient (Wildman–Crippen LogP) is 4.42. The molecule has 0 aromatic heterocycles. The first-order chi connectivity index (χ1) is 9.41. The summed E-state index contributed by atoms with van der Waals surface area (Å²) in [7, 11) is 1.57. The van der Waals surface area contributed by atoms with E-state index in [-0.39, 0.29) is 5.75 Å². The second-order valence-corrected chi connectivity index (χ2v) is 6.89. The number of benzene rings is 1. The number of hydrogen-bond acceptors (Lipinski definition) is 3. The Kier molecular flexibility index (Phi) is 4.46. The van der Waals surface area contributed by atoms with E-state index in [0.717, 1.165) is 5.69 Å². The first kappa shape index (κ1) is 15.0. The van der Waals surface area contributed by atoms with Crippen LogP contribution in [-0.4, -0.2) is 18.3 Å². The van der Waals surface area contributed by atoms with E-state index in [4.69, 9.17) is 4.74 Å². The number of phenols is 1. The van der Waals surface area contributed by atoms with Crippen LogP contribution in [0.3, 0.4) is 0 Å². The maximum atomic E-state index is 9.88.